The molecule has 0 aromatic carbocycles. The molecular weight excluding hydrogens is 593 g/mol. The van der Waals surface area contributed by atoms with Crippen molar-refractivity contribution in [3.63, 3.8) is 0 Å². The third-order valence-corrected chi connectivity index (χ3v) is 37.6. The van der Waals surface area contributed by atoms with Gasteiger partial charge in [-0.15, -0.1) is 0 Å². The zero-order valence-corrected chi connectivity index (χ0v) is 26.9. The predicted octanol–water partition coefficient (Wildman–Crippen LogP) is 9.17. The van der Waals surface area contributed by atoms with Crippen LogP contribution in [0.1, 0.15) is 130 Å². The molecule has 0 heterocycles. The third kappa shape index (κ3) is 21.4. The van der Waals surface area contributed by atoms with Crippen molar-refractivity contribution in [2.75, 3.05) is 0 Å². The summed E-state index contributed by atoms with van der Waals surface area (Å²) >= 11 is -4.59. The first-order valence-electron chi connectivity index (χ1n) is 12.8. The molecule has 0 unspecified atom stereocenters. The number of hydrogen-bond acceptors (Lipinski definition) is 1. The molecule has 0 rings (SSSR count). The molecular formula is C24H54ClO2Sn2. The summed E-state index contributed by atoms with van der Waals surface area (Å²) in [5.74, 6) is 0. The number of halogens is 1. The number of unbranched alkanes of at least 4 members (excludes halogenated alkanes) is 12. The van der Waals surface area contributed by atoms with E-state index in [1.165, 1.54) is 120 Å². The molecule has 0 aromatic heterocycles. The molecule has 0 fully saturated rings. The molecule has 29 heavy (non-hydrogen) atoms. The van der Waals surface area contributed by atoms with Crippen LogP contribution in [0.4, 0.5) is 0 Å². The van der Waals surface area contributed by atoms with E-state index < -0.39 is 37.8 Å². The molecule has 0 atom stereocenters. The molecule has 0 spiro atoms. The van der Waals surface area contributed by atoms with Gasteiger partial charge in [-0.05, 0) is 0 Å². The second-order valence-corrected chi connectivity index (χ2v) is 31.7. The molecule has 0 bridgehead atoms. The van der Waals surface area contributed by atoms with Gasteiger partial charge in [-0.1, -0.05) is 0 Å². The maximum Gasteiger partial charge on any atom is -0.412 e. The summed E-state index contributed by atoms with van der Waals surface area (Å²) in [6, 6.07) is 0. The van der Waals surface area contributed by atoms with Gasteiger partial charge in [-0.3, -0.25) is 0 Å². The zero-order valence-electron chi connectivity index (χ0n) is 20.4. The van der Waals surface area contributed by atoms with E-state index in [1.807, 2.05) is 0 Å². The Balaban J connectivity index is 0. The molecule has 0 saturated heterocycles. The second-order valence-electron chi connectivity index (χ2n) is 8.77. The summed E-state index contributed by atoms with van der Waals surface area (Å²) in [5.41, 5.74) is 0. The van der Waals surface area contributed by atoms with Gasteiger partial charge in [0.1, 0.15) is 0 Å². The topological polar surface area (TPSA) is 40.7 Å². The first-order chi connectivity index (χ1) is 13.6. The van der Waals surface area contributed by atoms with E-state index in [1.54, 1.807) is 0 Å². The Kier molecular flexibility index (Phi) is 27.8. The smallest absolute Gasteiger partial charge is 0.412 e. The van der Waals surface area contributed by atoms with E-state index in [-0.39, 0.29) is 5.48 Å². The van der Waals surface area contributed by atoms with E-state index in [9.17, 15) is 0 Å². The fraction of sp³-hybridized carbons (Fsp3) is 1.00. The van der Waals surface area contributed by atoms with Gasteiger partial charge in [0, 0.05) is 0 Å². The fourth-order valence-electron chi connectivity index (χ4n) is 3.84. The number of rotatable bonds is 22. The van der Waals surface area contributed by atoms with Crippen LogP contribution < -0.4 is 0 Å². The quantitative estimate of drug-likeness (QED) is 0.0854. The molecule has 2 N–H and O–H groups in total. The third-order valence-electron chi connectivity index (χ3n) is 5.75. The van der Waals surface area contributed by atoms with Crippen LogP contribution in [0.2, 0.25) is 17.7 Å². The summed E-state index contributed by atoms with van der Waals surface area (Å²) in [7, 11) is 7.41. The summed E-state index contributed by atoms with van der Waals surface area (Å²) in [6.45, 7) is 9.23. The van der Waals surface area contributed by atoms with Gasteiger partial charge in [0.15, 0.2) is 0 Å². The molecule has 1 radical (unpaired) electrons. The molecule has 0 aliphatic rings. The molecule has 0 amide bonds. The van der Waals surface area contributed by atoms with Gasteiger partial charge in [0.2, 0.25) is 0 Å². The van der Waals surface area contributed by atoms with E-state index in [4.69, 9.17) is 10.3 Å². The van der Waals surface area contributed by atoms with Crippen LogP contribution in [0.3, 0.4) is 0 Å². The molecule has 0 aromatic rings. The van der Waals surface area contributed by atoms with E-state index >= 15 is 0 Å². The van der Waals surface area contributed by atoms with Gasteiger partial charge < -0.3 is 5.48 Å². The van der Waals surface area contributed by atoms with Crippen LogP contribution in [0.25, 0.3) is 0 Å². The van der Waals surface area contributed by atoms with Gasteiger partial charge >= 0.3 is 196 Å². The Morgan fingerprint density at radius 1 is 0.552 bits per heavy atom. The summed E-state index contributed by atoms with van der Waals surface area (Å²) in [5, 5.41) is 0. The van der Waals surface area contributed by atoms with Gasteiger partial charge in [-0.2, -0.15) is 0 Å². The van der Waals surface area contributed by atoms with Crippen molar-refractivity contribution in [3.05, 3.63) is 0 Å². The van der Waals surface area contributed by atoms with Crippen molar-refractivity contribution in [1.82, 2.24) is 0 Å². The summed E-state index contributed by atoms with van der Waals surface area (Å²) < 4.78 is 12.6. The number of hydrogen-bond donors (Lipinski definition) is 0. The van der Waals surface area contributed by atoms with Crippen molar-refractivity contribution >= 4 is 46.8 Å². The maximum absolute atomic E-state index is 7.41. The molecule has 177 valence electrons. The van der Waals surface area contributed by atoms with Crippen molar-refractivity contribution in [1.29, 1.82) is 0 Å². The molecule has 0 aliphatic carbocycles. The van der Waals surface area contributed by atoms with Crippen molar-refractivity contribution in [3.8, 4) is 0 Å². The molecule has 0 saturated carbocycles. The van der Waals surface area contributed by atoms with E-state index in [0.29, 0.717) is 0 Å². The molecule has 5 heteroatoms. The van der Waals surface area contributed by atoms with Crippen LogP contribution in [0.5, 0.6) is 0 Å². The van der Waals surface area contributed by atoms with Crippen LogP contribution in [0.15, 0.2) is 0 Å². The Morgan fingerprint density at radius 3 is 1.24 bits per heavy atom. The Morgan fingerprint density at radius 2 is 0.897 bits per heavy atom. The fourth-order valence-corrected chi connectivity index (χ4v) is 40.5. The zero-order chi connectivity index (χ0) is 20.9. The SMILES string of the molecule is CCCCC[CH2][Sn]([CH2]CCCCC)[O][Sn]([Cl])([CH2]CCCCC)[CH2]CCCCC.O. The summed E-state index contributed by atoms with van der Waals surface area (Å²) in [6.07, 6.45) is 21.9. The molecule has 2 nitrogen and oxygen atoms in total. The predicted molar refractivity (Wildman–Crippen MR) is 138 cm³/mol. The average Bonchev–Trinajstić information content (AvgIpc) is 2.69. The van der Waals surface area contributed by atoms with Gasteiger partial charge in [0.05, 0.1) is 0 Å². The van der Waals surface area contributed by atoms with Gasteiger partial charge in [-0.25, -0.2) is 0 Å². The van der Waals surface area contributed by atoms with Gasteiger partial charge in [0.25, 0.3) is 0 Å². The molecule has 0 aliphatic heterocycles. The van der Waals surface area contributed by atoms with Crippen molar-refractivity contribution in [2.24, 2.45) is 0 Å². The monoisotopic (exact) mass is 649 g/mol. The van der Waals surface area contributed by atoms with Crippen molar-refractivity contribution in [2.45, 2.75) is 148 Å². The first kappa shape index (κ1) is 33.0. The maximum atomic E-state index is 7.41. The Bertz CT molecular complexity index is 295. The first-order valence-corrected chi connectivity index (χ1v) is 26.9. The van der Waals surface area contributed by atoms with E-state index in [2.05, 4.69) is 27.7 Å². The Labute approximate surface area is 200 Å². The largest absolute Gasteiger partial charge is 0.412 e. The summed E-state index contributed by atoms with van der Waals surface area (Å²) in [4.78, 5) is 0. The van der Waals surface area contributed by atoms with Crippen LogP contribution in [0, 0.1) is 0 Å². The Hall–Kier alpha value is 1.81. The van der Waals surface area contributed by atoms with E-state index in [0.717, 1.165) is 0 Å². The van der Waals surface area contributed by atoms with Crippen LogP contribution in [-0.2, 0) is 1.41 Å². The van der Waals surface area contributed by atoms with Crippen LogP contribution in [-0.4, -0.2) is 43.3 Å². The average molecular weight is 648 g/mol. The minimum absolute atomic E-state index is 0. The van der Waals surface area contributed by atoms with Crippen LogP contribution >= 0.6 is 8.92 Å². The second kappa shape index (κ2) is 24.4. The normalized spacial score (nSPS) is 11.8. The minimum atomic E-state index is -2.84. The standard InChI is InChI=1S/4C6H13.ClH.H2O.O.2Sn/c4*1-3-5-6-4-2;;;;;/h4*1,3-6H2,2H3;1H;1H2;;;/q;;;;;;;;+1/p-1. The van der Waals surface area contributed by atoms with Crippen molar-refractivity contribution < 1.29 is 6.89 Å². The minimum Gasteiger partial charge on any atom is -0.412 e.